The third kappa shape index (κ3) is 5.82. The third-order valence-corrected chi connectivity index (χ3v) is 4.98. The van der Waals surface area contributed by atoms with Gasteiger partial charge in [0.05, 0.1) is 35.0 Å². The van der Waals surface area contributed by atoms with Gasteiger partial charge in [0.25, 0.3) is 0 Å². The van der Waals surface area contributed by atoms with Crippen molar-refractivity contribution in [3.05, 3.63) is 51.0 Å². The van der Waals surface area contributed by atoms with Gasteiger partial charge >= 0.3 is 6.03 Å². The number of carbonyl (C=O) groups is 1. The summed E-state index contributed by atoms with van der Waals surface area (Å²) >= 11 is 18.1. The Hall–Kier alpha value is -1.86. The number of rotatable bonds is 8. The molecule has 0 aliphatic rings. The molecule has 0 aromatic heterocycles. The molecule has 2 aromatic rings. The lowest BCUT2D eigenvalue weighted by atomic mass is 10.2. The zero-order valence-electron chi connectivity index (χ0n) is 15.5. The minimum atomic E-state index is -0.373. The first kappa shape index (κ1) is 22.4. The molecule has 2 N–H and O–H groups in total. The molecule has 2 amide bonds. The molecule has 0 heterocycles. The number of hydrogen-bond donors (Lipinski definition) is 2. The zero-order chi connectivity index (χ0) is 20.7. The molecule has 28 heavy (non-hydrogen) atoms. The predicted octanol–water partition coefficient (Wildman–Crippen LogP) is 5.08. The highest BCUT2D eigenvalue weighted by Gasteiger charge is 2.18. The van der Waals surface area contributed by atoms with Gasteiger partial charge in [0.1, 0.15) is 11.5 Å². The summed E-state index contributed by atoms with van der Waals surface area (Å²) in [5.74, 6) is 0.806. The van der Waals surface area contributed by atoms with Crippen molar-refractivity contribution < 1.29 is 19.4 Å². The highest BCUT2D eigenvalue weighted by molar-refractivity contribution is 6.42. The van der Waals surface area contributed by atoms with E-state index in [2.05, 4.69) is 5.32 Å². The van der Waals surface area contributed by atoms with Gasteiger partial charge in [-0.05, 0) is 24.1 Å². The average Bonchev–Trinajstić information content (AvgIpc) is 2.68. The van der Waals surface area contributed by atoms with E-state index < -0.39 is 0 Å². The van der Waals surface area contributed by atoms with Gasteiger partial charge in [-0.25, -0.2) is 4.79 Å². The number of carbonyl (C=O) groups excluding carboxylic acids is 1. The van der Waals surface area contributed by atoms with Crippen molar-refractivity contribution in [3.8, 4) is 11.5 Å². The first-order valence-electron chi connectivity index (χ1n) is 8.41. The molecule has 0 saturated carbocycles. The fourth-order valence-electron chi connectivity index (χ4n) is 2.52. The molecular formula is C19H21Cl3N2O4. The number of benzene rings is 2. The van der Waals surface area contributed by atoms with Crippen LogP contribution in [0.25, 0.3) is 0 Å². The van der Waals surface area contributed by atoms with Gasteiger partial charge < -0.3 is 24.8 Å². The third-order valence-electron chi connectivity index (χ3n) is 3.95. The van der Waals surface area contributed by atoms with Crippen LogP contribution in [-0.2, 0) is 6.54 Å². The molecule has 2 aromatic carbocycles. The van der Waals surface area contributed by atoms with Crippen LogP contribution in [0.2, 0.25) is 15.1 Å². The first-order valence-corrected chi connectivity index (χ1v) is 9.55. The van der Waals surface area contributed by atoms with Crippen molar-refractivity contribution in [2.75, 3.05) is 32.7 Å². The quantitative estimate of drug-likeness (QED) is 0.592. The Kier molecular flexibility index (Phi) is 8.51. The van der Waals surface area contributed by atoms with Gasteiger partial charge in [-0.2, -0.15) is 0 Å². The molecule has 0 unspecified atom stereocenters. The van der Waals surface area contributed by atoms with Crippen LogP contribution in [0.5, 0.6) is 11.5 Å². The zero-order valence-corrected chi connectivity index (χ0v) is 17.7. The summed E-state index contributed by atoms with van der Waals surface area (Å²) in [5, 5.41) is 13.2. The Balaban J connectivity index is 2.24. The second kappa shape index (κ2) is 10.6. The summed E-state index contributed by atoms with van der Waals surface area (Å²) in [4.78, 5) is 14.4. The van der Waals surface area contributed by atoms with Crippen LogP contribution >= 0.6 is 34.8 Å². The van der Waals surface area contributed by atoms with Gasteiger partial charge in [-0.1, -0.05) is 40.9 Å². The van der Waals surface area contributed by atoms with E-state index in [-0.39, 0.29) is 19.2 Å². The fourth-order valence-corrected chi connectivity index (χ4v) is 3.08. The standard InChI is InChI=1S/C19H21Cl3N2O4/c1-27-17-10-16(18(28-2)9-15(17)22)23-19(26)24(6-3-7-25)11-12-4-5-13(20)14(21)8-12/h4-5,8-10,25H,3,6-7,11H2,1-2H3,(H,23,26). The van der Waals surface area contributed by atoms with Gasteiger partial charge in [0.15, 0.2) is 0 Å². The van der Waals surface area contributed by atoms with E-state index in [0.717, 1.165) is 5.56 Å². The number of aliphatic hydroxyl groups is 1. The largest absolute Gasteiger partial charge is 0.495 e. The number of anilines is 1. The Morgan fingerprint density at radius 3 is 2.36 bits per heavy atom. The Morgan fingerprint density at radius 1 is 1.04 bits per heavy atom. The van der Waals surface area contributed by atoms with Crippen LogP contribution < -0.4 is 14.8 Å². The summed E-state index contributed by atoms with van der Waals surface area (Å²) in [7, 11) is 2.96. The monoisotopic (exact) mass is 446 g/mol. The van der Waals surface area contributed by atoms with E-state index in [1.807, 2.05) is 0 Å². The molecule has 0 fully saturated rings. The molecule has 0 saturated heterocycles. The molecule has 0 aliphatic heterocycles. The number of aliphatic hydroxyl groups excluding tert-OH is 1. The summed E-state index contributed by atoms with van der Waals surface area (Å²) < 4.78 is 10.5. The second-order valence-electron chi connectivity index (χ2n) is 5.86. The molecule has 6 nitrogen and oxygen atoms in total. The van der Waals surface area contributed by atoms with Crippen LogP contribution in [0.1, 0.15) is 12.0 Å². The molecule has 152 valence electrons. The summed E-state index contributed by atoms with van der Waals surface area (Å²) in [6, 6.07) is 7.94. The molecule has 0 atom stereocenters. The molecule has 0 spiro atoms. The minimum Gasteiger partial charge on any atom is -0.495 e. The Bertz CT molecular complexity index is 833. The van der Waals surface area contributed by atoms with Crippen LogP contribution in [0.15, 0.2) is 30.3 Å². The number of ether oxygens (including phenoxy) is 2. The molecule has 0 radical (unpaired) electrons. The highest BCUT2D eigenvalue weighted by Crippen LogP contribution is 2.36. The number of nitrogens with zero attached hydrogens (tertiary/aromatic N) is 1. The van der Waals surface area contributed by atoms with Crippen molar-refractivity contribution in [2.24, 2.45) is 0 Å². The lowest BCUT2D eigenvalue weighted by Crippen LogP contribution is -2.35. The molecule has 9 heteroatoms. The van der Waals surface area contributed by atoms with E-state index in [9.17, 15) is 4.79 Å². The normalized spacial score (nSPS) is 10.5. The fraction of sp³-hybridized carbons (Fsp3) is 0.316. The van der Waals surface area contributed by atoms with Crippen LogP contribution in [0.3, 0.4) is 0 Å². The van der Waals surface area contributed by atoms with E-state index >= 15 is 0 Å². The Morgan fingerprint density at radius 2 is 1.75 bits per heavy atom. The molecular weight excluding hydrogens is 427 g/mol. The number of urea groups is 1. The van der Waals surface area contributed by atoms with Crippen LogP contribution in [-0.4, -0.2) is 43.4 Å². The first-order chi connectivity index (χ1) is 13.4. The summed E-state index contributed by atoms with van der Waals surface area (Å²) in [6.45, 7) is 0.592. The Labute approximate surface area is 178 Å². The number of methoxy groups -OCH3 is 2. The number of amides is 2. The van der Waals surface area contributed by atoms with E-state index in [4.69, 9.17) is 49.4 Å². The van der Waals surface area contributed by atoms with E-state index in [1.165, 1.54) is 14.2 Å². The molecule has 0 bridgehead atoms. The van der Waals surface area contributed by atoms with Crippen molar-refractivity contribution in [2.45, 2.75) is 13.0 Å². The number of hydrogen-bond acceptors (Lipinski definition) is 4. The second-order valence-corrected chi connectivity index (χ2v) is 7.09. The lowest BCUT2D eigenvalue weighted by molar-refractivity contribution is 0.199. The van der Waals surface area contributed by atoms with Crippen molar-refractivity contribution in [1.82, 2.24) is 4.90 Å². The van der Waals surface area contributed by atoms with Gasteiger partial charge in [-0.15, -0.1) is 0 Å². The van der Waals surface area contributed by atoms with Crippen molar-refractivity contribution in [1.29, 1.82) is 0 Å². The maximum atomic E-state index is 12.9. The topological polar surface area (TPSA) is 71.0 Å². The minimum absolute atomic E-state index is 0.0384. The lowest BCUT2D eigenvalue weighted by Gasteiger charge is -2.24. The van der Waals surface area contributed by atoms with Gasteiger partial charge in [0, 0.05) is 31.8 Å². The van der Waals surface area contributed by atoms with Crippen molar-refractivity contribution in [3.63, 3.8) is 0 Å². The smallest absolute Gasteiger partial charge is 0.322 e. The number of nitrogens with one attached hydrogen (secondary N) is 1. The molecule has 0 aliphatic carbocycles. The average molecular weight is 448 g/mol. The van der Waals surface area contributed by atoms with Gasteiger partial charge in [0.2, 0.25) is 0 Å². The maximum absolute atomic E-state index is 12.9. The summed E-state index contributed by atoms with van der Waals surface area (Å²) in [6.07, 6.45) is 0.426. The highest BCUT2D eigenvalue weighted by atomic mass is 35.5. The van der Waals surface area contributed by atoms with E-state index in [1.54, 1.807) is 35.2 Å². The number of halogens is 3. The van der Waals surface area contributed by atoms with Gasteiger partial charge in [-0.3, -0.25) is 0 Å². The maximum Gasteiger partial charge on any atom is 0.322 e. The summed E-state index contributed by atoms with van der Waals surface area (Å²) in [5.41, 5.74) is 1.22. The predicted molar refractivity (Wildman–Crippen MR) is 112 cm³/mol. The van der Waals surface area contributed by atoms with Crippen molar-refractivity contribution >= 4 is 46.5 Å². The van der Waals surface area contributed by atoms with Crippen LogP contribution in [0, 0.1) is 0 Å². The SMILES string of the molecule is COc1cc(NC(=O)N(CCCO)Cc2ccc(Cl)c(Cl)c2)c(OC)cc1Cl. The van der Waals surface area contributed by atoms with Crippen LogP contribution in [0.4, 0.5) is 10.5 Å². The molecule has 2 rings (SSSR count). The van der Waals surface area contributed by atoms with E-state index in [0.29, 0.717) is 45.2 Å².